The van der Waals surface area contributed by atoms with Gasteiger partial charge in [-0.2, -0.15) is 0 Å². The van der Waals surface area contributed by atoms with Crippen molar-refractivity contribution in [3.05, 3.63) is 35.4 Å². The van der Waals surface area contributed by atoms with Crippen LogP contribution >= 0.6 is 0 Å². The van der Waals surface area contributed by atoms with Crippen LogP contribution in [0.3, 0.4) is 0 Å². The Kier molecular flexibility index (Phi) is 8.15. The minimum absolute atomic E-state index is 0. The third kappa shape index (κ3) is 6.75. The number of rotatable bonds is 0. The van der Waals surface area contributed by atoms with Crippen molar-refractivity contribution >= 4 is 0 Å². The van der Waals surface area contributed by atoms with E-state index in [1.54, 1.807) is 0 Å². The van der Waals surface area contributed by atoms with Gasteiger partial charge in [0.15, 0.2) is 0 Å². The molecule has 2 aliphatic heterocycles. The lowest BCUT2D eigenvalue weighted by Crippen LogP contribution is -2.44. The monoisotopic (exact) mass is 346 g/mol. The zero-order chi connectivity index (χ0) is 17.8. The second kappa shape index (κ2) is 9.19. The van der Waals surface area contributed by atoms with Gasteiger partial charge in [-0.15, -0.1) is 0 Å². The van der Waals surface area contributed by atoms with E-state index < -0.39 is 0 Å². The van der Waals surface area contributed by atoms with E-state index in [1.165, 1.54) is 56.4 Å². The summed E-state index contributed by atoms with van der Waals surface area (Å²) in [4.78, 5) is 5.13. The van der Waals surface area contributed by atoms with E-state index in [9.17, 15) is 0 Å². The number of benzene rings is 1. The largest absolute Gasteiger partial charge is 0.298 e. The molecule has 0 amide bonds. The Labute approximate surface area is 157 Å². The number of hydrogen-bond donors (Lipinski definition) is 0. The molecule has 0 saturated carbocycles. The van der Waals surface area contributed by atoms with E-state index in [4.69, 9.17) is 0 Å². The van der Waals surface area contributed by atoms with Gasteiger partial charge in [-0.3, -0.25) is 9.80 Å². The number of piperidine rings is 1. The van der Waals surface area contributed by atoms with E-state index in [-0.39, 0.29) is 7.43 Å². The van der Waals surface area contributed by atoms with Crippen LogP contribution < -0.4 is 0 Å². The van der Waals surface area contributed by atoms with Gasteiger partial charge in [-0.25, -0.2) is 0 Å². The summed E-state index contributed by atoms with van der Waals surface area (Å²) < 4.78 is 0. The minimum atomic E-state index is 0. The highest BCUT2D eigenvalue weighted by Gasteiger charge is 2.25. The average molecular weight is 347 g/mol. The van der Waals surface area contributed by atoms with Gasteiger partial charge >= 0.3 is 0 Å². The van der Waals surface area contributed by atoms with E-state index in [0.717, 1.165) is 6.54 Å². The van der Waals surface area contributed by atoms with Gasteiger partial charge in [0.2, 0.25) is 0 Å². The molecule has 1 saturated heterocycles. The molecule has 0 aliphatic carbocycles. The average Bonchev–Trinajstić information content (AvgIpc) is 2.54. The first-order valence-corrected chi connectivity index (χ1v) is 9.75. The van der Waals surface area contributed by atoms with Crippen LogP contribution in [0.5, 0.6) is 0 Å². The van der Waals surface area contributed by atoms with Crippen LogP contribution in [-0.4, -0.2) is 40.5 Å². The van der Waals surface area contributed by atoms with Crippen molar-refractivity contribution in [2.75, 3.05) is 19.6 Å². The van der Waals surface area contributed by atoms with Crippen LogP contribution in [0.15, 0.2) is 24.3 Å². The maximum absolute atomic E-state index is 2.58. The number of nitrogens with zero attached hydrogens (tertiary/aromatic N) is 2. The first-order valence-electron chi connectivity index (χ1n) is 9.75. The molecule has 2 aliphatic rings. The van der Waals surface area contributed by atoms with Crippen LogP contribution in [0.1, 0.15) is 79.4 Å². The van der Waals surface area contributed by atoms with Crippen LogP contribution in [0.2, 0.25) is 0 Å². The summed E-state index contributed by atoms with van der Waals surface area (Å²) in [6.07, 6.45) is 5.44. The number of fused-ring (bicyclic) bond motifs is 1. The quantitative estimate of drug-likeness (QED) is 0.590. The zero-order valence-corrected chi connectivity index (χ0v) is 16.9. The second-order valence-electron chi connectivity index (χ2n) is 9.33. The van der Waals surface area contributed by atoms with Gasteiger partial charge in [0.05, 0.1) is 0 Å². The molecule has 2 nitrogen and oxygen atoms in total. The van der Waals surface area contributed by atoms with Crippen molar-refractivity contribution in [3.63, 3.8) is 0 Å². The van der Waals surface area contributed by atoms with Gasteiger partial charge in [0, 0.05) is 24.2 Å². The lowest BCUT2D eigenvalue weighted by molar-refractivity contribution is 0.111. The van der Waals surface area contributed by atoms with Crippen molar-refractivity contribution in [2.24, 2.45) is 0 Å². The highest BCUT2D eigenvalue weighted by Crippen LogP contribution is 2.24. The summed E-state index contributed by atoms with van der Waals surface area (Å²) in [5.41, 5.74) is 3.75. The van der Waals surface area contributed by atoms with Gasteiger partial charge < -0.3 is 0 Å². The third-order valence-electron chi connectivity index (χ3n) is 5.38. The van der Waals surface area contributed by atoms with Gasteiger partial charge in [-0.05, 0) is 85.0 Å². The summed E-state index contributed by atoms with van der Waals surface area (Å²) in [6.45, 7) is 18.7. The summed E-state index contributed by atoms with van der Waals surface area (Å²) in [6, 6.07) is 8.80. The Bertz CT molecular complexity index is 502. The molecule has 144 valence electrons. The molecule has 1 aromatic carbocycles. The molecule has 0 aromatic heterocycles. The maximum Gasteiger partial charge on any atom is 0.0241 e. The predicted octanol–water partition coefficient (Wildman–Crippen LogP) is 5.75. The molecule has 2 heteroatoms. The van der Waals surface area contributed by atoms with Crippen molar-refractivity contribution in [1.29, 1.82) is 0 Å². The highest BCUT2D eigenvalue weighted by atomic mass is 15.2. The summed E-state index contributed by atoms with van der Waals surface area (Å²) >= 11 is 0. The lowest BCUT2D eigenvalue weighted by Gasteiger charge is -2.39. The van der Waals surface area contributed by atoms with E-state index in [1.807, 2.05) is 0 Å². The molecule has 0 spiro atoms. The fraction of sp³-hybridized carbons (Fsp3) is 0.739. The predicted molar refractivity (Wildman–Crippen MR) is 112 cm³/mol. The molecule has 2 heterocycles. The van der Waals surface area contributed by atoms with Crippen LogP contribution in [-0.2, 0) is 13.0 Å². The second-order valence-corrected chi connectivity index (χ2v) is 9.33. The summed E-state index contributed by atoms with van der Waals surface area (Å²) in [7, 11) is 0. The molecular formula is C23H42N2. The van der Waals surface area contributed by atoms with Gasteiger partial charge in [0.1, 0.15) is 0 Å². The smallest absolute Gasteiger partial charge is 0.0241 e. The van der Waals surface area contributed by atoms with Crippen molar-refractivity contribution in [3.8, 4) is 0 Å². The summed E-state index contributed by atoms with van der Waals surface area (Å²) in [5, 5.41) is 0. The fourth-order valence-electron chi connectivity index (χ4n) is 3.63. The Balaban J connectivity index is 0.000000254. The normalized spacial score (nSPS) is 19.3. The van der Waals surface area contributed by atoms with Crippen LogP contribution in [0, 0.1) is 0 Å². The molecule has 0 atom stereocenters. The van der Waals surface area contributed by atoms with Crippen molar-refractivity contribution in [1.82, 2.24) is 9.80 Å². The van der Waals surface area contributed by atoms with Crippen LogP contribution in [0.4, 0.5) is 0 Å². The molecule has 25 heavy (non-hydrogen) atoms. The Morgan fingerprint density at radius 1 is 0.680 bits per heavy atom. The molecular weight excluding hydrogens is 304 g/mol. The number of hydrogen-bond acceptors (Lipinski definition) is 2. The summed E-state index contributed by atoms with van der Waals surface area (Å²) in [5.74, 6) is 0. The standard InChI is InChI=1S/C13H19N.C9H19N.CH4/c1-13(2,3)14-9-8-11-6-4-5-7-12(11)10-14;1-9(2,3)10-7-5-4-6-8-10;/h4-7H,8-10H2,1-3H3;4-8H2,1-3H3;1H4. The molecule has 1 fully saturated rings. The van der Waals surface area contributed by atoms with E-state index >= 15 is 0 Å². The molecule has 1 aromatic rings. The molecule has 0 N–H and O–H groups in total. The third-order valence-corrected chi connectivity index (χ3v) is 5.38. The Morgan fingerprint density at radius 2 is 1.20 bits per heavy atom. The van der Waals surface area contributed by atoms with E-state index in [0.29, 0.717) is 11.1 Å². The number of likely N-dealkylation sites (tertiary alicyclic amines) is 1. The van der Waals surface area contributed by atoms with Crippen LogP contribution in [0.25, 0.3) is 0 Å². The fourth-order valence-corrected chi connectivity index (χ4v) is 3.63. The maximum atomic E-state index is 2.58. The van der Waals surface area contributed by atoms with E-state index in [2.05, 4.69) is 75.6 Å². The minimum Gasteiger partial charge on any atom is -0.298 e. The lowest BCUT2D eigenvalue weighted by atomic mass is 9.95. The van der Waals surface area contributed by atoms with Gasteiger partial charge in [-0.1, -0.05) is 38.1 Å². The Morgan fingerprint density at radius 3 is 1.68 bits per heavy atom. The van der Waals surface area contributed by atoms with Gasteiger partial charge in [0.25, 0.3) is 0 Å². The topological polar surface area (TPSA) is 6.48 Å². The van der Waals surface area contributed by atoms with Crippen molar-refractivity contribution in [2.45, 2.75) is 92.3 Å². The first-order chi connectivity index (χ1) is 11.2. The van der Waals surface area contributed by atoms with Crippen molar-refractivity contribution < 1.29 is 0 Å². The SMILES string of the molecule is C.CC(C)(C)N1CCCCC1.CC(C)(C)N1CCc2ccccc2C1. The zero-order valence-electron chi connectivity index (χ0n) is 16.9. The highest BCUT2D eigenvalue weighted by molar-refractivity contribution is 5.29. The molecule has 0 radical (unpaired) electrons. The molecule has 0 bridgehead atoms. The Hall–Kier alpha value is -0.860. The first kappa shape index (κ1) is 22.2. The molecule has 0 unspecified atom stereocenters. The molecule has 3 rings (SSSR count).